The van der Waals surface area contributed by atoms with Crippen molar-refractivity contribution in [1.82, 2.24) is 24.4 Å². The Morgan fingerprint density at radius 1 is 1.14 bits per heavy atom. The predicted octanol–water partition coefficient (Wildman–Crippen LogP) is 4.00. The molecule has 0 radical (unpaired) electrons. The third kappa shape index (κ3) is 5.26. The van der Waals surface area contributed by atoms with E-state index in [0.29, 0.717) is 49.2 Å². The molecule has 9 nitrogen and oxygen atoms in total. The van der Waals surface area contributed by atoms with Gasteiger partial charge in [0.05, 0.1) is 18.4 Å². The Kier molecular flexibility index (Phi) is 8.37. The lowest BCUT2D eigenvalue weighted by Crippen LogP contribution is -2.52. The molecule has 44 heavy (non-hydrogen) atoms. The lowest BCUT2D eigenvalue weighted by molar-refractivity contribution is -0.122. The van der Waals surface area contributed by atoms with Gasteiger partial charge in [0.2, 0.25) is 11.9 Å². The van der Waals surface area contributed by atoms with Crippen LogP contribution in [0.15, 0.2) is 52.8 Å². The first-order valence-corrected chi connectivity index (χ1v) is 14.6. The van der Waals surface area contributed by atoms with Gasteiger partial charge in [-0.2, -0.15) is 4.98 Å². The summed E-state index contributed by atoms with van der Waals surface area (Å²) in [4.78, 5) is 51.6. The zero-order valence-corrected chi connectivity index (χ0v) is 25.1. The number of nitrogens with one attached hydrogen (secondary N) is 1. The number of carbonyl (C=O) groups is 1. The number of aromatic nitrogens is 4. The van der Waals surface area contributed by atoms with Gasteiger partial charge in [0, 0.05) is 30.9 Å². The summed E-state index contributed by atoms with van der Waals surface area (Å²) in [6.45, 7) is 11.7. The summed E-state index contributed by atoms with van der Waals surface area (Å²) in [6.07, 6.45) is 9.09. The van der Waals surface area contributed by atoms with Gasteiger partial charge in [-0.1, -0.05) is 52.5 Å². The molecular weight excluding hydrogens is 573 g/mol. The molecule has 3 atom stereocenters. The summed E-state index contributed by atoms with van der Waals surface area (Å²) in [7, 11) is 0. The minimum Gasteiger partial charge on any atom is -0.354 e. The molecule has 2 fully saturated rings. The van der Waals surface area contributed by atoms with Crippen molar-refractivity contribution in [3.05, 3.63) is 98.4 Å². The van der Waals surface area contributed by atoms with Crippen LogP contribution in [-0.4, -0.2) is 44.1 Å². The fourth-order valence-electron chi connectivity index (χ4n) is 6.43. The van der Waals surface area contributed by atoms with Crippen molar-refractivity contribution < 1.29 is 18.0 Å². The molecule has 1 aliphatic carbocycles. The summed E-state index contributed by atoms with van der Waals surface area (Å²) in [5.74, 6) is -4.15. The van der Waals surface area contributed by atoms with Crippen LogP contribution in [0.25, 0.3) is 11.8 Å². The molecule has 3 unspecified atom stereocenters. The van der Waals surface area contributed by atoms with Crippen molar-refractivity contribution in [2.75, 3.05) is 18.0 Å². The van der Waals surface area contributed by atoms with Gasteiger partial charge in [-0.05, 0) is 47.3 Å². The minimum atomic E-state index is -1.38. The van der Waals surface area contributed by atoms with Crippen LogP contribution in [0, 0.1) is 34.7 Å². The first kappa shape index (κ1) is 31.0. The lowest BCUT2D eigenvalue weighted by Gasteiger charge is -2.32. The summed E-state index contributed by atoms with van der Waals surface area (Å²) < 4.78 is 44.9. The van der Waals surface area contributed by atoms with E-state index in [-0.39, 0.29) is 40.4 Å². The Morgan fingerprint density at radius 2 is 1.86 bits per heavy atom. The van der Waals surface area contributed by atoms with E-state index >= 15 is 0 Å². The number of halogens is 3. The monoisotopic (exact) mass is 608 g/mol. The van der Waals surface area contributed by atoms with Crippen LogP contribution in [0.2, 0.25) is 0 Å². The molecule has 0 spiro atoms. The van der Waals surface area contributed by atoms with Crippen molar-refractivity contribution in [3.8, 4) is 5.69 Å². The maximum Gasteiger partial charge on any atom is 0.359 e. The molecule has 5 rings (SSSR count). The molecule has 1 saturated heterocycles. The topological polar surface area (TPSA) is 102 Å². The smallest absolute Gasteiger partial charge is 0.354 e. The van der Waals surface area contributed by atoms with Gasteiger partial charge in [-0.25, -0.2) is 27.3 Å². The van der Waals surface area contributed by atoms with Crippen molar-refractivity contribution in [2.24, 2.45) is 17.3 Å². The number of rotatable bonds is 10. The molecule has 1 saturated carbocycles. The minimum absolute atomic E-state index is 0.0728. The Hall–Kier alpha value is -4.48. The van der Waals surface area contributed by atoms with Gasteiger partial charge in [0.25, 0.3) is 0 Å². The molecular formula is C32H35F3N6O3. The van der Waals surface area contributed by atoms with Crippen molar-refractivity contribution >= 4 is 17.9 Å². The predicted molar refractivity (Wildman–Crippen MR) is 161 cm³/mol. The summed E-state index contributed by atoms with van der Waals surface area (Å²) in [5, 5.41) is 2.91. The van der Waals surface area contributed by atoms with E-state index in [0.717, 1.165) is 9.13 Å². The van der Waals surface area contributed by atoms with Crippen molar-refractivity contribution in [1.29, 1.82) is 0 Å². The van der Waals surface area contributed by atoms with Crippen LogP contribution in [0.1, 0.15) is 50.8 Å². The average Bonchev–Trinajstić information content (AvgIpc) is 3.29. The van der Waals surface area contributed by atoms with Crippen LogP contribution >= 0.6 is 0 Å². The van der Waals surface area contributed by atoms with Gasteiger partial charge < -0.3 is 10.2 Å². The summed E-state index contributed by atoms with van der Waals surface area (Å²) in [6, 6.07) is 0.332. The quantitative estimate of drug-likeness (QED) is 0.276. The number of piperidine rings is 1. The van der Waals surface area contributed by atoms with E-state index in [1.807, 2.05) is 13.8 Å². The number of benzene rings is 1. The molecule has 1 amide bonds. The number of allylic oxidation sites excluding steroid dienone is 2. The molecule has 1 aliphatic heterocycles. The number of pyridine rings is 1. The molecule has 1 aromatic carbocycles. The van der Waals surface area contributed by atoms with Crippen LogP contribution in [0.4, 0.5) is 19.1 Å². The zero-order chi connectivity index (χ0) is 31.9. The fourth-order valence-corrected chi connectivity index (χ4v) is 6.43. The fraction of sp³-hybridized carbons (Fsp3) is 0.406. The van der Waals surface area contributed by atoms with E-state index in [1.165, 1.54) is 6.20 Å². The maximum atomic E-state index is 15.0. The third-order valence-electron chi connectivity index (χ3n) is 8.83. The van der Waals surface area contributed by atoms with Crippen molar-refractivity contribution in [3.63, 3.8) is 0 Å². The molecule has 2 aromatic heterocycles. The highest BCUT2D eigenvalue weighted by atomic mass is 19.2. The van der Waals surface area contributed by atoms with Gasteiger partial charge >= 0.3 is 11.4 Å². The third-order valence-corrected chi connectivity index (χ3v) is 8.83. The average molecular weight is 609 g/mol. The van der Waals surface area contributed by atoms with Crippen LogP contribution in [-0.2, 0) is 17.8 Å². The number of anilines is 1. The Morgan fingerprint density at radius 3 is 2.55 bits per heavy atom. The molecule has 12 heteroatoms. The largest absolute Gasteiger partial charge is 0.359 e. The summed E-state index contributed by atoms with van der Waals surface area (Å²) in [5.41, 5.74) is -0.842. The first-order chi connectivity index (χ1) is 21.0. The van der Waals surface area contributed by atoms with E-state index < -0.39 is 41.4 Å². The number of amides is 1. The van der Waals surface area contributed by atoms with E-state index in [4.69, 9.17) is 0 Å². The van der Waals surface area contributed by atoms with E-state index in [2.05, 4.69) is 35.7 Å². The lowest BCUT2D eigenvalue weighted by atomic mass is 10.0. The maximum absolute atomic E-state index is 15.0. The second-order valence-corrected chi connectivity index (χ2v) is 11.8. The van der Waals surface area contributed by atoms with Gasteiger partial charge in [0.1, 0.15) is 11.9 Å². The second-order valence-electron chi connectivity index (χ2n) is 11.8. The number of carbonyl (C=O) groups excluding carboxylic acids is 1. The normalized spacial score (nSPS) is 20.2. The highest BCUT2D eigenvalue weighted by Crippen LogP contribution is 2.65. The summed E-state index contributed by atoms with van der Waals surface area (Å²) >= 11 is 0. The number of hydrogen-bond donors (Lipinski definition) is 1. The molecule has 2 aliphatic rings. The number of hydrogen-bond acceptors (Lipinski definition) is 6. The Labute approximate surface area is 252 Å². The molecule has 0 bridgehead atoms. The highest BCUT2D eigenvalue weighted by molar-refractivity contribution is 5.87. The van der Waals surface area contributed by atoms with Crippen LogP contribution in [0.3, 0.4) is 0 Å². The number of nitrogens with zero attached hydrogens (tertiary/aromatic N) is 5. The first-order valence-electron chi connectivity index (χ1n) is 14.6. The van der Waals surface area contributed by atoms with Gasteiger partial charge in [-0.3, -0.25) is 14.3 Å². The van der Waals surface area contributed by atoms with E-state index in [1.54, 1.807) is 29.3 Å². The van der Waals surface area contributed by atoms with Crippen LogP contribution in [0.5, 0.6) is 0 Å². The van der Waals surface area contributed by atoms with Crippen LogP contribution < -0.4 is 21.6 Å². The molecule has 3 aromatic rings. The molecule has 232 valence electrons. The highest BCUT2D eigenvalue weighted by Gasteiger charge is 2.69. The zero-order valence-electron chi connectivity index (χ0n) is 25.1. The SMILES string of the molecule is C=C/C=C\c1cncc(-n2c(=O)nc(N3CC4C(C3C(=O)NCCC)C4(C)C)n(Cc3cc(F)c(F)cc3F)c2=O)c1CC. The Bertz CT molecular complexity index is 1780. The van der Waals surface area contributed by atoms with Gasteiger partial charge in [0.15, 0.2) is 11.6 Å². The van der Waals surface area contributed by atoms with Crippen molar-refractivity contribution in [2.45, 2.75) is 53.1 Å². The van der Waals surface area contributed by atoms with E-state index in [9.17, 15) is 27.6 Å². The van der Waals surface area contributed by atoms with Gasteiger partial charge in [-0.15, -0.1) is 0 Å². The number of fused-ring (bicyclic) bond motifs is 1. The second kappa shape index (κ2) is 11.9. The standard InChI is InChI=1S/C32H35F3N6O3/c1-6-9-10-18-14-36-15-25(20(18)8-3)41-30(43)38-29(40(31(41)44)16-19-12-23(34)24(35)13-22(19)33)39-17-21-26(32(21,4)5)27(39)28(42)37-11-7-2/h6,9-10,12-15,21,26-27H,1,7-8,11,16-17H2,2-5H3,(H,37,42)/b10-9-. The Balaban J connectivity index is 1.73. The molecule has 3 heterocycles. The molecule has 1 N–H and O–H groups in total.